The second kappa shape index (κ2) is 3.74. The Bertz CT molecular complexity index is 690. The SMILES string of the molecule is O=c1ccn(-c2ccc3c(c2)OCO3)c(=S)[nH]1. The van der Waals surface area contributed by atoms with Crippen molar-refractivity contribution in [3.8, 4) is 17.2 Å². The fourth-order valence-corrected chi connectivity index (χ4v) is 1.92. The van der Waals surface area contributed by atoms with Crippen LogP contribution in [0.5, 0.6) is 11.5 Å². The van der Waals surface area contributed by atoms with Gasteiger partial charge in [-0.25, -0.2) is 0 Å². The number of rotatable bonds is 1. The fraction of sp³-hybridized carbons (Fsp3) is 0.0909. The van der Waals surface area contributed by atoms with Crippen LogP contribution in [0.4, 0.5) is 0 Å². The summed E-state index contributed by atoms with van der Waals surface area (Å²) in [6.07, 6.45) is 1.62. The minimum Gasteiger partial charge on any atom is -0.454 e. The molecular weight excluding hydrogens is 240 g/mol. The zero-order valence-electron chi connectivity index (χ0n) is 8.67. The second-order valence-corrected chi connectivity index (χ2v) is 3.90. The van der Waals surface area contributed by atoms with Crippen LogP contribution in [0.1, 0.15) is 0 Å². The lowest BCUT2D eigenvalue weighted by molar-refractivity contribution is 0.174. The Hall–Kier alpha value is -2.08. The molecule has 0 saturated heterocycles. The maximum absolute atomic E-state index is 11.1. The average Bonchev–Trinajstić information content (AvgIpc) is 2.75. The normalized spacial score (nSPS) is 12.7. The van der Waals surface area contributed by atoms with Gasteiger partial charge in [-0.05, 0) is 24.4 Å². The highest BCUT2D eigenvalue weighted by Gasteiger charge is 2.13. The van der Waals surface area contributed by atoms with Crippen LogP contribution in [0.15, 0.2) is 35.3 Å². The predicted molar refractivity (Wildman–Crippen MR) is 63.3 cm³/mol. The third kappa shape index (κ3) is 1.72. The molecule has 3 rings (SSSR count). The van der Waals surface area contributed by atoms with Gasteiger partial charge in [-0.2, -0.15) is 0 Å². The van der Waals surface area contributed by atoms with Crippen molar-refractivity contribution in [3.63, 3.8) is 0 Å². The molecule has 2 heterocycles. The zero-order chi connectivity index (χ0) is 11.8. The largest absolute Gasteiger partial charge is 0.454 e. The van der Waals surface area contributed by atoms with Gasteiger partial charge < -0.3 is 9.47 Å². The van der Waals surface area contributed by atoms with E-state index in [9.17, 15) is 4.79 Å². The number of ether oxygens (including phenoxy) is 2. The summed E-state index contributed by atoms with van der Waals surface area (Å²) < 4.78 is 12.5. The summed E-state index contributed by atoms with van der Waals surface area (Å²) in [7, 11) is 0. The number of nitrogens with one attached hydrogen (secondary N) is 1. The molecule has 0 saturated carbocycles. The van der Waals surface area contributed by atoms with Crippen molar-refractivity contribution in [1.29, 1.82) is 0 Å². The van der Waals surface area contributed by atoms with Crippen LogP contribution in [0.25, 0.3) is 5.69 Å². The molecule has 2 aromatic rings. The van der Waals surface area contributed by atoms with Gasteiger partial charge >= 0.3 is 0 Å². The van der Waals surface area contributed by atoms with Crippen molar-refractivity contribution in [2.75, 3.05) is 6.79 Å². The third-order valence-electron chi connectivity index (χ3n) is 2.46. The van der Waals surface area contributed by atoms with E-state index in [2.05, 4.69) is 4.98 Å². The molecule has 1 aliphatic heterocycles. The van der Waals surface area contributed by atoms with Crippen molar-refractivity contribution in [3.05, 3.63) is 45.6 Å². The lowest BCUT2D eigenvalue weighted by Gasteiger charge is -2.06. The van der Waals surface area contributed by atoms with Crippen molar-refractivity contribution in [1.82, 2.24) is 9.55 Å². The lowest BCUT2D eigenvalue weighted by atomic mass is 10.3. The van der Waals surface area contributed by atoms with Gasteiger partial charge in [0.15, 0.2) is 16.3 Å². The van der Waals surface area contributed by atoms with Crippen molar-refractivity contribution < 1.29 is 9.47 Å². The van der Waals surface area contributed by atoms with Crippen molar-refractivity contribution >= 4 is 12.2 Å². The standard InChI is InChI=1S/C11H8N2O3S/c14-10-3-4-13(11(17)12-10)7-1-2-8-9(5-7)16-6-15-8/h1-5H,6H2,(H,12,14,17). The van der Waals surface area contributed by atoms with Crippen LogP contribution < -0.4 is 15.0 Å². The first-order chi connectivity index (χ1) is 8.24. The summed E-state index contributed by atoms with van der Waals surface area (Å²) in [5.41, 5.74) is 0.600. The molecule has 1 N–H and O–H groups in total. The molecule has 1 aromatic heterocycles. The number of H-pyrrole nitrogens is 1. The van der Waals surface area contributed by atoms with Gasteiger partial charge in [-0.3, -0.25) is 14.3 Å². The highest BCUT2D eigenvalue weighted by atomic mass is 32.1. The van der Waals surface area contributed by atoms with Gasteiger partial charge in [0.1, 0.15) is 0 Å². The quantitative estimate of drug-likeness (QED) is 0.779. The van der Waals surface area contributed by atoms with Crippen LogP contribution in [0.3, 0.4) is 0 Å². The number of aromatic nitrogens is 2. The third-order valence-corrected chi connectivity index (χ3v) is 2.76. The van der Waals surface area contributed by atoms with Gasteiger partial charge in [-0.15, -0.1) is 0 Å². The van der Waals surface area contributed by atoms with E-state index in [-0.39, 0.29) is 12.4 Å². The number of aromatic amines is 1. The molecule has 0 bridgehead atoms. The molecule has 0 amide bonds. The first-order valence-electron chi connectivity index (χ1n) is 4.96. The summed E-state index contributed by atoms with van der Waals surface area (Å²) in [4.78, 5) is 13.6. The molecule has 6 heteroatoms. The summed E-state index contributed by atoms with van der Waals surface area (Å²) in [6.45, 7) is 0.232. The number of fused-ring (bicyclic) bond motifs is 1. The molecule has 1 aromatic carbocycles. The summed E-state index contributed by atoms with van der Waals surface area (Å²) in [5.74, 6) is 1.39. The molecule has 86 valence electrons. The van der Waals surface area contributed by atoms with E-state index in [0.717, 1.165) is 5.69 Å². The first kappa shape index (κ1) is 10.1. The topological polar surface area (TPSA) is 56.2 Å². The predicted octanol–water partition coefficient (Wildman–Crippen LogP) is 1.62. The minimum absolute atomic E-state index is 0.216. The Morgan fingerprint density at radius 2 is 2.06 bits per heavy atom. The lowest BCUT2D eigenvalue weighted by Crippen LogP contribution is -2.09. The number of hydrogen-bond acceptors (Lipinski definition) is 4. The van der Waals surface area contributed by atoms with Crippen LogP contribution in [0, 0.1) is 4.77 Å². The van der Waals surface area contributed by atoms with E-state index in [0.29, 0.717) is 16.3 Å². The van der Waals surface area contributed by atoms with Crippen molar-refractivity contribution in [2.24, 2.45) is 0 Å². The Kier molecular flexibility index (Phi) is 2.22. The first-order valence-corrected chi connectivity index (χ1v) is 5.37. The molecule has 17 heavy (non-hydrogen) atoms. The van der Waals surface area contributed by atoms with Gasteiger partial charge in [-0.1, -0.05) is 0 Å². The summed E-state index contributed by atoms with van der Waals surface area (Å²) in [5, 5.41) is 0. The minimum atomic E-state index is -0.216. The van der Waals surface area contributed by atoms with Gasteiger partial charge in [0.2, 0.25) is 6.79 Å². The van der Waals surface area contributed by atoms with E-state index in [1.54, 1.807) is 10.8 Å². The monoisotopic (exact) mass is 248 g/mol. The van der Waals surface area contributed by atoms with Crippen LogP contribution in [0.2, 0.25) is 0 Å². The van der Waals surface area contributed by atoms with Crippen LogP contribution in [-0.4, -0.2) is 16.3 Å². The Morgan fingerprint density at radius 3 is 2.88 bits per heavy atom. The van der Waals surface area contributed by atoms with Crippen LogP contribution in [-0.2, 0) is 0 Å². The smallest absolute Gasteiger partial charge is 0.251 e. The summed E-state index contributed by atoms with van der Waals surface area (Å²) >= 11 is 5.08. The van der Waals surface area contributed by atoms with Crippen LogP contribution >= 0.6 is 12.2 Å². The Labute approximate surface area is 101 Å². The molecule has 0 spiro atoms. The van der Waals surface area contributed by atoms with E-state index in [4.69, 9.17) is 21.7 Å². The highest BCUT2D eigenvalue weighted by Crippen LogP contribution is 2.33. The van der Waals surface area contributed by atoms with E-state index in [1.165, 1.54) is 6.07 Å². The van der Waals surface area contributed by atoms with E-state index < -0.39 is 0 Å². The molecule has 0 fully saturated rings. The zero-order valence-corrected chi connectivity index (χ0v) is 9.49. The molecule has 0 unspecified atom stereocenters. The maximum Gasteiger partial charge on any atom is 0.251 e. The average molecular weight is 248 g/mol. The van der Waals surface area contributed by atoms with Gasteiger partial charge in [0, 0.05) is 18.3 Å². The van der Waals surface area contributed by atoms with Gasteiger partial charge in [0.05, 0.1) is 5.69 Å². The van der Waals surface area contributed by atoms with Gasteiger partial charge in [0.25, 0.3) is 5.56 Å². The fourth-order valence-electron chi connectivity index (χ4n) is 1.66. The maximum atomic E-state index is 11.1. The molecule has 0 radical (unpaired) electrons. The Balaban J connectivity index is 2.16. The molecule has 1 aliphatic rings. The molecule has 0 aliphatic carbocycles. The number of benzene rings is 1. The number of hydrogen-bond donors (Lipinski definition) is 1. The molecule has 0 atom stereocenters. The number of nitrogens with zero attached hydrogens (tertiary/aromatic N) is 1. The Morgan fingerprint density at radius 1 is 1.24 bits per heavy atom. The highest BCUT2D eigenvalue weighted by molar-refractivity contribution is 7.71. The second-order valence-electron chi connectivity index (χ2n) is 3.52. The molecule has 5 nitrogen and oxygen atoms in total. The van der Waals surface area contributed by atoms with E-state index in [1.807, 2.05) is 18.2 Å². The molecular formula is C11H8N2O3S. The van der Waals surface area contributed by atoms with E-state index >= 15 is 0 Å². The summed E-state index contributed by atoms with van der Waals surface area (Å²) in [6, 6.07) is 6.89. The van der Waals surface area contributed by atoms with Crippen molar-refractivity contribution in [2.45, 2.75) is 0 Å².